The van der Waals surface area contributed by atoms with E-state index in [4.69, 9.17) is 0 Å². The Morgan fingerprint density at radius 3 is 1.27 bits per heavy atom. The van der Waals surface area contributed by atoms with Crippen LogP contribution in [0.3, 0.4) is 0 Å². The summed E-state index contributed by atoms with van der Waals surface area (Å²) in [6.45, 7) is 6.97. The Balaban J connectivity index is -0.000000405. The molecule has 0 unspecified atom stereocenters. The van der Waals surface area contributed by atoms with Crippen molar-refractivity contribution in [3.05, 3.63) is 0 Å². The summed E-state index contributed by atoms with van der Waals surface area (Å²) >= 11 is 0. The van der Waals surface area contributed by atoms with Gasteiger partial charge in [-0.2, -0.15) is 0 Å². The maximum atomic E-state index is 3.59. The highest BCUT2D eigenvalue weighted by Crippen LogP contribution is 2.32. The lowest BCUT2D eigenvalue weighted by atomic mass is 9.73. The van der Waals surface area contributed by atoms with Crippen LogP contribution < -0.4 is 21.3 Å². The molecule has 0 aromatic carbocycles. The molecule has 2 atom stereocenters. The Bertz CT molecular complexity index is 182. The van der Waals surface area contributed by atoms with Crippen LogP contribution in [-0.4, -0.2) is 53.4 Å². The second kappa shape index (κ2) is 22.0. The standard InChI is InChI=1S/C14H32N4.4ClH/c1-15-7-3-9-17-11-13-5-6-14(13)12-18-10-4-8-16-2;;;;/h13-18H,3-12H2,1-2H3;4*1H/t13-,14+;;;;. The molecule has 4 N–H and O–H groups in total. The number of halogens is 4. The van der Waals surface area contributed by atoms with Crippen LogP contribution in [0.15, 0.2) is 0 Å². The van der Waals surface area contributed by atoms with Crippen molar-refractivity contribution < 1.29 is 0 Å². The van der Waals surface area contributed by atoms with Crippen molar-refractivity contribution in [3.63, 3.8) is 0 Å². The van der Waals surface area contributed by atoms with Crippen LogP contribution in [0.4, 0.5) is 0 Å². The molecule has 0 saturated heterocycles. The van der Waals surface area contributed by atoms with Crippen LogP contribution >= 0.6 is 49.6 Å². The fourth-order valence-corrected chi connectivity index (χ4v) is 2.53. The lowest BCUT2D eigenvalue weighted by Crippen LogP contribution is -2.41. The average Bonchev–Trinajstić information content (AvgIpc) is 2.36. The van der Waals surface area contributed by atoms with Crippen molar-refractivity contribution in [2.45, 2.75) is 25.7 Å². The molecule has 22 heavy (non-hydrogen) atoms. The largest absolute Gasteiger partial charge is 0.320 e. The Kier molecular flexibility index (Phi) is 30.8. The molecule has 0 aromatic heterocycles. The summed E-state index contributed by atoms with van der Waals surface area (Å²) in [5.74, 6) is 1.83. The van der Waals surface area contributed by atoms with E-state index in [0.29, 0.717) is 0 Å². The lowest BCUT2D eigenvalue weighted by Gasteiger charge is -2.37. The Labute approximate surface area is 161 Å². The van der Waals surface area contributed by atoms with Gasteiger partial charge in [0.05, 0.1) is 0 Å². The first-order chi connectivity index (χ1) is 8.88. The smallest absolute Gasteiger partial charge is 0.00174 e. The third-order valence-electron chi connectivity index (χ3n) is 3.95. The molecule has 1 saturated carbocycles. The van der Waals surface area contributed by atoms with Crippen molar-refractivity contribution in [2.24, 2.45) is 11.8 Å². The van der Waals surface area contributed by atoms with Gasteiger partial charge in [0.1, 0.15) is 0 Å². The molecule has 0 aliphatic heterocycles. The summed E-state index contributed by atoms with van der Waals surface area (Å²) in [5, 5.41) is 13.5. The van der Waals surface area contributed by atoms with Crippen molar-refractivity contribution in [1.29, 1.82) is 0 Å². The fourth-order valence-electron chi connectivity index (χ4n) is 2.53. The van der Waals surface area contributed by atoms with Gasteiger partial charge in [0.2, 0.25) is 0 Å². The van der Waals surface area contributed by atoms with Gasteiger partial charge in [0.15, 0.2) is 0 Å². The molecule has 0 radical (unpaired) electrons. The summed E-state index contributed by atoms with van der Waals surface area (Å²) in [7, 11) is 4.03. The molecular weight excluding hydrogens is 366 g/mol. The van der Waals surface area contributed by atoms with E-state index in [2.05, 4.69) is 21.3 Å². The first-order valence-electron chi connectivity index (χ1n) is 7.59. The predicted octanol–water partition coefficient (Wildman–Crippen LogP) is 2.10. The Morgan fingerprint density at radius 2 is 1.00 bits per heavy atom. The van der Waals surface area contributed by atoms with E-state index in [-0.39, 0.29) is 49.6 Å². The van der Waals surface area contributed by atoms with Crippen LogP contribution in [-0.2, 0) is 0 Å². The van der Waals surface area contributed by atoms with Crippen molar-refractivity contribution in [2.75, 3.05) is 53.4 Å². The van der Waals surface area contributed by atoms with Crippen LogP contribution in [0.1, 0.15) is 25.7 Å². The molecule has 140 valence electrons. The zero-order valence-electron chi connectivity index (χ0n) is 13.9. The van der Waals surface area contributed by atoms with Gasteiger partial charge in [-0.1, -0.05) is 0 Å². The summed E-state index contributed by atoms with van der Waals surface area (Å²) in [5.41, 5.74) is 0. The highest BCUT2D eigenvalue weighted by atomic mass is 35.5. The predicted molar refractivity (Wildman–Crippen MR) is 108 cm³/mol. The van der Waals surface area contributed by atoms with E-state index < -0.39 is 0 Å². The average molecular weight is 402 g/mol. The number of hydrogen-bond acceptors (Lipinski definition) is 4. The molecule has 0 amide bonds. The van der Waals surface area contributed by atoms with E-state index >= 15 is 0 Å². The highest BCUT2D eigenvalue weighted by Gasteiger charge is 2.29. The van der Waals surface area contributed by atoms with Crippen LogP contribution in [0, 0.1) is 11.8 Å². The zero-order valence-corrected chi connectivity index (χ0v) is 17.1. The second-order valence-corrected chi connectivity index (χ2v) is 5.42. The molecule has 1 aliphatic rings. The van der Waals surface area contributed by atoms with Crippen LogP contribution in [0.2, 0.25) is 0 Å². The minimum Gasteiger partial charge on any atom is -0.320 e. The van der Waals surface area contributed by atoms with Gasteiger partial charge in [-0.15, -0.1) is 49.6 Å². The molecule has 1 aliphatic carbocycles. The van der Waals surface area contributed by atoms with E-state index in [1.54, 1.807) is 0 Å². The number of hydrogen-bond donors (Lipinski definition) is 4. The van der Waals surface area contributed by atoms with E-state index in [1.807, 2.05) is 14.1 Å². The minimum absolute atomic E-state index is 0. The van der Waals surface area contributed by atoms with Crippen molar-refractivity contribution in [1.82, 2.24) is 21.3 Å². The topological polar surface area (TPSA) is 48.1 Å². The molecule has 0 spiro atoms. The van der Waals surface area contributed by atoms with Gasteiger partial charge >= 0.3 is 0 Å². The molecule has 1 rings (SSSR count). The highest BCUT2D eigenvalue weighted by molar-refractivity contribution is 5.86. The Hall–Kier alpha value is 1.00. The summed E-state index contributed by atoms with van der Waals surface area (Å²) in [6.07, 6.45) is 5.30. The maximum absolute atomic E-state index is 3.59. The van der Waals surface area contributed by atoms with Crippen molar-refractivity contribution in [3.8, 4) is 0 Å². The molecule has 8 heteroatoms. The van der Waals surface area contributed by atoms with E-state index in [1.165, 1.54) is 38.8 Å². The van der Waals surface area contributed by atoms with Gasteiger partial charge in [-0.05, 0) is 90.9 Å². The Morgan fingerprint density at radius 1 is 0.636 bits per heavy atom. The fraction of sp³-hybridized carbons (Fsp3) is 1.00. The van der Waals surface area contributed by atoms with Gasteiger partial charge in [0.25, 0.3) is 0 Å². The molecule has 0 aromatic rings. The molecule has 1 fully saturated rings. The summed E-state index contributed by atoms with van der Waals surface area (Å²) in [4.78, 5) is 0. The SMILES string of the molecule is CNCCCNC[C@H]1CC[C@H]1CNCCCNC.Cl.Cl.Cl.Cl. The summed E-state index contributed by atoms with van der Waals surface area (Å²) in [6, 6.07) is 0. The van der Waals surface area contributed by atoms with Crippen LogP contribution in [0.25, 0.3) is 0 Å². The maximum Gasteiger partial charge on any atom is -0.00174 e. The van der Waals surface area contributed by atoms with Gasteiger partial charge in [-0.3, -0.25) is 0 Å². The molecular formula is C14H36Cl4N4. The van der Waals surface area contributed by atoms with E-state index in [9.17, 15) is 0 Å². The second-order valence-electron chi connectivity index (χ2n) is 5.42. The minimum atomic E-state index is 0. The number of nitrogens with one attached hydrogen (secondary N) is 4. The van der Waals surface area contributed by atoms with Crippen LogP contribution in [0.5, 0.6) is 0 Å². The monoisotopic (exact) mass is 400 g/mol. The quantitative estimate of drug-likeness (QED) is 0.378. The molecule has 4 nitrogen and oxygen atoms in total. The van der Waals surface area contributed by atoms with Gasteiger partial charge in [0, 0.05) is 0 Å². The normalized spacial score (nSPS) is 18.8. The van der Waals surface area contributed by atoms with E-state index in [0.717, 1.165) is 38.0 Å². The zero-order chi connectivity index (χ0) is 13.1. The third-order valence-corrected chi connectivity index (χ3v) is 3.95. The lowest BCUT2D eigenvalue weighted by molar-refractivity contribution is 0.167. The third kappa shape index (κ3) is 14.6. The molecule has 0 bridgehead atoms. The first kappa shape index (κ1) is 30.8. The summed E-state index contributed by atoms with van der Waals surface area (Å²) < 4.78 is 0. The number of rotatable bonds is 12. The van der Waals surface area contributed by atoms with Gasteiger partial charge < -0.3 is 21.3 Å². The van der Waals surface area contributed by atoms with Crippen molar-refractivity contribution >= 4 is 49.6 Å². The first-order valence-corrected chi connectivity index (χ1v) is 7.59. The molecule has 0 heterocycles. The van der Waals surface area contributed by atoms with Gasteiger partial charge in [-0.25, -0.2) is 0 Å².